The van der Waals surface area contributed by atoms with Crippen molar-refractivity contribution >= 4 is 11.8 Å². The summed E-state index contributed by atoms with van der Waals surface area (Å²) in [4.78, 5) is 29.2. The van der Waals surface area contributed by atoms with Crippen LogP contribution >= 0.6 is 0 Å². The summed E-state index contributed by atoms with van der Waals surface area (Å²) in [6, 6.07) is 21.9. The van der Waals surface area contributed by atoms with Crippen molar-refractivity contribution in [1.82, 2.24) is 10.2 Å². The minimum atomic E-state index is -0.718. The van der Waals surface area contributed by atoms with Crippen molar-refractivity contribution in [3.8, 4) is 17.2 Å². The van der Waals surface area contributed by atoms with Crippen LogP contribution in [-0.2, 0) is 33.7 Å². The number of ether oxygens (including phenoxy) is 4. The van der Waals surface area contributed by atoms with Crippen LogP contribution < -0.4 is 19.5 Å². The lowest BCUT2D eigenvalue weighted by molar-refractivity contribution is -0.140. The second-order valence-electron chi connectivity index (χ2n) is 9.08. The van der Waals surface area contributed by atoms with Gasteiger partial charge < -0.3 is 29.2 Å². The summed E-state index contributed by atoms with van der Waals surface area (Å²) in [6.45, 7) is 1.26. The first-order valence-electron chi connectivity index (χ1n) is 12.9. The first-order valence-corrected chi connectivity index (χ1v) is 12.9. The van der Waals surface area contributed by atoms with Crippen LogP contribution in [0.1, 0.15) is 23.1 Å². The lowest BCUT2D eigenvalue weighted by Gasteiger charge is -2.32. The number of methoxy groups -OCH3 is 4. The van der Waals surface area contributed by atoms with E-state index >= 15 is 0 Å². The molecule has 0 aliphatic heterocycles. The van der Waals surface area contributed by atoms with E-state index < -0.39 is 6.04 Å². The fraction of sp³-hybridized carbons (Fsp3) is 0.355. The van der Waals surface area contributed by atoms with Crippen molar-refractivity contribution in [2.75, 3.05) is 41.6 Å². The molecule has 0 heterocycles. The van der Waals surface area contributed by atoms with Crippen molar-refractivity contribution < 1.29 is 28.5 Å². The summed E-state index contributed by atoms with van der Waals surface area (Å²) in [5, 5.41) is 3.01. The Morgan fingerprint density at radius 1 is 0.795 bits per heavy atom. The summed E-state index contributed by atoms with van der Waals surface area (Å²) in [5.74, 6) is 1.47. The second-order valence-corrected chi connectivity index (χ2v) is 9.08. The summed E-state index contributed by atoms with van der Waals surface area (Å²) in [7, 11) is 6.36. The molecule has 0 aromatic heterocycles. The maximum absolute atomic E-state index is 13.9. The maximum Gasteiger partial charge on any atom is 0.243 e. The smallest absolute Gasteiger partial charge is 0.243 e. The molecule has 0 saturated carbocycles. The zero-order valence-electron chi connectivity index (χ0n) is 23.1. The third-order valence-corrected chi connectivity index (χ3v) is 6.41. The van der Waals surface area contributed by atoms with Crippen LogP contribution in [0.5, 0.6) is 17.2 Å². The predicted octanol–water partition coefficient (Wildman–Crippen LogP) is 4.05. The minimum absolute atomic E-state index is 0.0960. The molecule has 0 spiro atoms. The van der Waals surface area contributed by atoms with Crippen molar-refractivity contribution in [3.63, 3.8) is 0 Å². The third kappa shape index (κ3) is 8.75. The van der Waals surface area contributed by atoms with Crippen LogP contribution in [-0.4, -0.2) is 64.3 Å². The van der Waals surface area contributed by atoms with Gasteiger partial charge in [0.15, 0.2) is 11.5 Å². The first kappa shape index (κ1) is 29.5. The first-order chi connectivity index (χ1) is 19.0. The van der Waals surface area contributed by atoms with Crippen LogP contribution in [0, 0.1) is 0 Å². The van der Waals surface area contributed by atoms with Crippen LogP contribution in [0.4, 0.5) is 0 Å². The summed E-state index contributed by atoms with van der Waals surface area (Å²) >= 11 is 0. The molecule has 2 amide bonds. The van der Waals surface area contributed by atoms with E-state index in [-0.39, 0.29) is 24.8 Å². The Kier molecular flexibility index (Phi) is 11.6. The van der Waals surface area contributed by atoms with Gasteiger partial charge in [-0.25, -0.2) is 0 Å². The molecule has 0 aliphatic carbocycles. The topological polar surface area (TPSA) is 86.3 Å². The Morgan fingerprint density at radius 2 is 1.49 bits per heavy atom. The van der Waals surface area contributed by atoms with Gasteiger partial charge in [0.05, 0.1) is 27.8 Å². The van der Waals surface area contributed by atoms with Crippen molar-refractivity contribution in [3.05, 3.63) is 89.5 Å². The normalized spacial score (nSPS) is 11.4. The summed E-state index contributed by atoms with van der Waals surface area (Å²) in [6.07, 6.45) is 1.15. The third-order valence-electron chi connectivity index (χ3n) is 6.41. The molecule has 0 radical (unpaired) electrons. The lowest BCUT2D eigenvalue weighted by atomic mass is 10.0. The monoisotopic (exact) mass is 534 g/mol. The molecule has 8 nitrogen and oxygen atoms in total. The molecule has 39 heavy (non-hydrogen) atoms. The Morgan fingerprint density at radius 3 is 2.13 bits per heavy atom. The molecule has 0 saturated heterocycles. The fourth-order valence-electron chi connectivity index (χ4n) is 4.29. The van der Waals surface area contributed by atoms with E-state index in [2.05, 4.69) is 5.32 Å². The maximum atomic E-state index is 13.9. The highest BCUT2D eigenvalue weighted by Gasteiger charge is 2.30. The molecule has 0 fully saturated rings. The molecule has 0 bridgehead atoms. The van der Waals surface area contributed by atoms with Crippen molar-refractivity contribution in [2.24, 2.45) is 0 Å². The molecule has 8 heteroatoms. The Balaban J connectivity index is 1.94. The van der Waals surface area contributed by atoms with Gasteiger partial charge in [0, 0.05) is 33.2 Å². The quantitative estimate of drug-likeness (QED) is 0.296. The molecule has 208 valence electrons. The Bertz CT molecular complexity index is 1180. The average molecular weight is 535 g/mol. The van der Waals surface area contributed by atoms with Gasteiger partial charge in [-0.15, -0.1) is 0 Å². The second kappa shape index (κ2) is 15.4. The molecule has 1 atom stereocenters. The van der Waals surface area contributed by atoms with Gasteiger partial charge in [0.1, 0.15) is 11.8 Å². The highest BCUT2D eigenvalue weighted by molar-refractivity contribution is 5.89. The van der Waals surface area contributed by atoms with Gasteiger partial charge in [-0.1, -0.05) is 48.5 Å². The number of hydrogen-bond acceptors (Lipinski definition) is 6. The predicted molar refractivity (Wildman–Crippen MR) is 150 cm³/mol. The van der Waals surface area contributed by atoms with Crippen LogP contribution in [0.3, 0.4) is 0 Å². The Hall–Kier alpha value is -4.04. The van der Waals surface area contributed by atoms with Gasteiger partial charge in [0.2, 0.25) is 11.8 Å². The van der Waals surface area contributed by atoms with E-state index in [1.165, 1.54) is 0 Å². The SMILES string of the molecule is COCCCNC(=O)C(Cc1ccccc1)N(Cc1ccc(OC)cc1)C(=O)Cc1ccc(OC)c(OC)c1. The number of carbonyl (C=O) groups excluding carboxylic acids is 2. The number of carbonyl (C=O) groups is 2. The zero-order chi connectivity index (χ0) is 28.0. The molecule has 0 aliphatic rings. The van der Waals surface area contributed by atoms with E-state index in [0.717, 1.165) is 22.4 Å². The van der Waals surface area contributed by atoms with E-state index in [9.17, 15) is 9.59 Å². The van der Waals surface area contributed by atoms with Gasteiger partial charge in [0.25, 0.3) is 0 Å². The average Bonchev–Trinajstić information content (AvgIpc) is 2.97. The minimum Gasteiger partial charge on any atom is -0.497 e. The number of nitrogens with zero attached hydrogens (tertiary/aromatic N) is 1. The molecule has 3 aromatic rings. The molecule has 3 aromatic carbocycles. The fourth-order valence-corrected chi connectivity index (χ4v) is 4.29. The van der Waals surface area contributed by atoms with E-state index in [1.807, 2.05) is 60.7 Å². The number of benzene rings is 3. The van der Waals surface area contributed by atoms with Gasteiger partial charge in [-0.3, -0.25) is 9.59 Å². The van der Waals surface area contributed by atoms with E-state index in [4.69, 9.17) is 18.9 Å². The standard InChI is InChI=1S/C31H38N2O6/c1-36-18-8-17-32-31(35)27(19-23-9-6-5-7-10-23)33(22-24-11-14-26(37-2)15-12-24)30(34)21-25-13-16-28(38-3)29(20-25)39-4/h5-7,9-16,20,27H,8,17-19,21-22H2,1-4H3,(H,32,35). The molecule has 3 rings (SSSR count). The van der Waals surface area contributed by atoms with Crippen LogP contribution in [0.25, 0.3) is 0 Å². The number of nitrogens with one attached hydrogen (secondary N) is 1. The zero-order valence-corrected chi connectivity index (χ0v) is 23.1. The number of rotatable bonds is 15. The van der Waals surface area contributed by atoms with Crippen molar-refractivity contribution in [2.45, 2.75) is 31.8 Å². The van der Waals surface area contributed by atoms with Crippen molar-refractivity contribution in [1.29, 1.82) is 0 Å². The van der Waals surface area contributed by atoms with E-state index in [0.29, 0.717) is 37.5 Å². The van der Waals surface area contributed by atoms with Gasteiger partial charge in [-0.2, -0.15) is 0 Å². The highest BCUT2D eigenvalue weighted by Crippen LogP contribution is 2.28. The number of amides is 2. The van der Waals surface area contributed by atoms with Crippen LogP contribution in [0.2, 0.25) is 0 Å². The molecular weight excluding hydrogens is 496 g/mol. The van der Waals surface area contributed by atoms with Crippen LogP contribution in [0.15, 0.2) is 72.8 Å². The highest BCUT2D eigenvalue weighted by atomic mass is 16.5. The van der Waals surface area contributed by atoms with Gasteiger partial charge in [-0.05, 0) is 47.4 Å². The number of hydrogen-bond donors (Lipinski definition) is 1. The molecular formula is C31H38N2O6. The molecule has 1 N–H and O–H groups in total. The molecule has 1 unspecified atom stereocenters. The summed E-state index contributed by atoms with van der Waals surface area (Å²) < 4.78 is 21.2. The largest absolute Gasteiger partial charge is 0.497 e. The van der Waals surface area contributed by atoms with E-state index in [1.54, 1.807) is 45.5 Å². The summed E-state index contributed by atoms with van der Waals surface area (Å²) in [5.41, 5.74) is 2.62. The van der Waals surface area contributed by atoms with Gasteiger partial charge >= 0.3 is 0 Å². The Labute approximate surface area is 230 Å². The lowest BCUT2D eigenvalue weighted by Crippen LogP contribution is -2.51.